The highest BCUT2D eigenvalue weighted by molar-refractivity contribution is 7.80. The SMILES string of the molecule is O=C(c1cccc(S)c1)N(Cc1ccco1)C1CC1. The summed E-state index contributed by atoms with van der Waals surface area (Å²) in [6, 6.07) is 11.5. The Morgan fingerprint density at radius 1 is 1.32 bits per heavy atom. The van der Waals surface area contributed by atoms with Gasteiger partial charge in [-0.3, -0.25) is 4.79 Å². The summed E-state index contributed by atoms with van der Waals surface area (Å²) in [5, 5.41) is 0. The third kappa shape index (κ3) is 2.84. The van der Waals surface area contributed by atoms with E-state index in [9.17, 15) is 4.79 Å². The van der Waals surface area contributed by atoms with Crippen molar-refractivity contribution in [1.29, 1.82) is 0 Å². The van der Waals surface area contributed by atoms with Crippen LogP contribution in [0.1, 0.15) is 29.0 Å². The topological polar surface area (TPSA) is 33.5 Å². The Kier molecular flexibility index (Phi) is 3.34. The minimum absolute atomic E-state index is 0.0507. The molecule has 1 aliphatic rings. The van der Waals surface area contributed by atoms with E-state index in [-0.39, 0.29) is 5.91 Å². The van der Waals surface area contributed by atoms with Gasteiger partial charge >= 0.3 is 0 Å². The van der Waals surface area contributed by atoms with E-state index in [1.807, 2.05) is 41.3 Å². The second kappa shape index (κ2) is 5.13. The van der Waals surface area contributed by atoms with Crippen LogP contribution in [0.15, 0.2) is 52.0 Å². The van der Waals surface area contributed by atoms with Gasteiger partial charge in [0.25, 0.3) is 5.91 Å². The maximum atomic E-state index is 12.6. The van der Waals surface area contributed by atoms with Crippen LogP contribution < -0.4 is 0 Å². The standard InChI is InChI=1S/C15H15NO2S/c17-15(11-3-1-5-14(19)9-11)16(12-6-7-12)10-13-4-2-8-18-13/h1-5,8-9,12,19H,6-7,10H2. The average Bonchev–Trinajstić information content (AvgIpc) is 3.12. The number of carbonyl (C=O) groups is 1. The van der Waals surface area contributed by atoms with Crippen molar-refractivity contribution in [2.45, 2.75) is 30.3 Å². The van der Waals surface area contributed by atoms with Crippen molar-refractivity contribution < 1.29 is 9.21 Å². The molecule has 0 aliphatic heterocycles. The first-order chi connectivity index (χ1) is 9.24. The second-order valence-corrected chi connectivity index (χ2v) is 5.31. The Morgan fingerprint density at radius 3 is 2.79 bits per heavy atom. The lowest BCUT2D eigenvalue weighted by Crippen LogP contribution is -2.32. The van der Waals surface area contributed by atoms with E-state index >= 15 is 0 Å². The minimum atomic E-state index is 0.0507. The molecular formula is C15H15NO2S. The summed E-state index contributed by atoms with van der Waals surface area (Å²) in [5.74, 6) is 0.872. The summed E-state index contributed by atoms with van der Waals surface area (Å²) in [7, 11) is 0. The fourth-order valence-corrected chi connectivity index (χ4v) is 2.35. The minimum Gasteiger partial charge on any atom is -0.467 e. The molecule has 19 heavy (non-hydrogen) atoms. The fourth-order valence-electron chi connectivity index (χ4n) is 2.13. The largest absolute Gasteiger partial charge is 0.467 e. The molecule has 4 heteroatoms. The van der Waals surface area contributed by atoms with Crippen LogP contribution in [0.2, 0.25) is 0 Å². The number of hydrogen-bond acceptors (Lipinski definition) is 3. The molecular weight excluding hydrogens is 258 g/mol. The van der Waals surface area contributed by atoms with Gasteiger partial charge in [0.05, 0.1) is 12.8 Å². The van der Waals surface area contributed by atoms with Crippen LogP contribution in [0.25, 0.3) is 0 Å². The molecule has 1 aliphatic carbocycles. The lowest BCUT2D eigenvalue weighted by Gasteiger charge is -2.21. The Balaban J connectivity index is 1.82. The molecule has 1 amide bonds. The molecule has 3 nitrogen and oxygen atoms in total. The van der Waals surface area contributed by atoms with E-state index in [0.717, 1.165) is 23.5 Å². The third-order valence-corrected chi connectivity index (χ3v) is 3.53. The van der Waals surface area contributed by atoms with Gasteiger partial charge in [0, 0.05) is 16.5 Å². The summed E-state index contributed by atoms with van der Waals surface area (Å²) in [5.41, 5.74) is 0.686. The van der Waals surface area contributed by atoms with Crippen LogP contribution in [0.5, 0.6) is 0 Å². The Hall–Kier alpha value is -1.68. The van der Waals surface area contributed by atoms with Gasteiger partial charge in [-0.2, -0.15) is 0 Å². The number of carbonyl (C=O) groups excluding carboxylic acids is 1. The lowest BCUT2D eigenvalue weighted by molar-refractivity contribution is 0.0717. The Bertz CT molecular complexity index is 576. The van der Waals surface area contributed by atoms with Gasteiger partial charge in [0.2, 0.25) is 0 Å². The zero-order valence-corrected chi connectivity index (χ0v) is 11.3. The molecule has 0 radical (unpaired) electrons. The van der Waals surface area contributed by atoms with Crippen molar-refractivity contribution >= 4 is 18.5 Å². The van der Waals surface area contributed by atoms with Gasteiger partial charge in [-0.1, -0.05) is 6.07 Å². The zero-order valence-electron chi connectivity index (χ0n) is 10.5. The van der Waals surface area contributed by atoms with Crippen LogP contribution in [0.3, 0.4) is 0 Å². The van der Waals surface area contributed by atoms with Crippen molar-refractivity contribution in [2.75, 3.05) is 0 Å². The molecule has 0 unspecified atom stereocenters. The summed E-state index contributed by atoms with van der Waals surface area (Å²) in [6.07, 6.45) is 3.79. The number of hydrogen-bond donors (Lipinski definition) is 1. The number of rotatable bonds is 4. The molecule has 1 saturated carbocycles. The summed E-state index contributed by atoms with van der Waals surface area (Å²) >= 11 is 4.28. The van der Waals surface area contributed by atoms with Crippen molar-refractivity contribution in [3.05, 3.63) is 54.0 Å². The highest BCUT2D eigenvalue weighted by Crippen LogP contribution is 2.30. The molecule has 0 atom stereocenters. The summed E-state index contributed by atoms with van der Waals surface area (Å²) in [4.78, 5) is 15.3. The summed E-state index contributed by atoms with van der Waals surface area (Å²) < 4.78 is 5.34. The van der Waals surface area contributed by atoms with Gasteiger partial charge in [-0.05, 0) is 43.2 Å². The highest BCUT2D eigenvalue weighted by Gasteiger charge is 2.33. The maximum Gasteiger partial charge on any atom is 0.254 e. The smallest absolute Gasteiger partial charge is 0.254 e. The first kappa shape index (κ1) is 12.4. The molecule has 1 fully saturated rings. The number of thiol groups is 1. The van der Waals surface area contributed by atoms with E-state index in [0.29, 0.717) is 18.2 Å². The molecule has 0 saturated heterocycles. The van der Waals surface area contributed by atoms with Crippen LogP contribution >= 0.6 is 12.6 Å². The van der Waals surface area contributed by atoms with Crippen LogP contribution in [-0.4, -0.2) is 16.8 Å². The number of amides is 1. The first-order valence-corrected chi connectivity index (χ1v) is 6.81. The number of benzene rings is 1. The molecule has 0 spiro atoms. The van der Waals surface area contributed by atoms with Crippen molar-refractivity contribution in [3.63, 3.8) is 0 Å². The van der Waals surface area contributed by atoms with Crippen molar-refractivity contribution in [2.24, 2.45) is 0 Å². The summed E-state index contributed by atoms with van der Waals surface area (Å²) in [6.45, 7) is 0.535. The molecule has 0 bridgehead atoms. The van der Waals surface area contributed by atoms with Crippen molar-refractivity contribution in [3.8, 4) is 0 Å². The first-order valence-electron chi connectivity index (χ1n) is 6.36. The normalized spacial score (nSPS) is 14.4. The molecule has 2 aromatic rings. The van der Waals surface area contributed by atoms with E-state index in [4.69, 9.17) is 4.42 Å². The van der Waals surface area contributed by atoms with E-state index in [1.165, 1.54) is 0 Å². The predicted octanol–water partition coefficient (Wildman–Crippen LogP) is 3.37. The van der Waals surface area contributed by atoms with Crippen molar-refractivity contribution in [1.82, 2.24) is 4.90 Å². The van der Waals surface area contributed by atoms with Crippen LogP contribution in [0, 0.1) is 0 Å². The van der Waals surface area contributed by atoms with Gasteiger partial charge in [-0.15, -0.1) is 12.6 Å². The van der Waals surface area contributed by atoms with Crippen LogP contribution in [-0.2, 0) is 6.54 Å². The second-order valence-electron chi connectivity index (χ2n) is 4.79. The Labute approximate surface area is 117 Å². The number of furan rings is 1. The molecule has 1 aromatic heterocycles. The van der Waals surface area contributed by atoms with E-state index < -0.39 is 0 Å². The fraction of sp³-hybridized carbons (Fsp3) is 0.267. The predicted molar refractivity (Wildman–Crippen MR) is 75.3 cm³/mol. The monoisotopic (exact) mass is 273 g/mol. The van der Waals surface area contributed by atoms with Gasteiger partial charge in [0.15, 0.2) is 0 Å². The molecule has 3 rings (SSSR count). The lowest BCUT2D eigenvalue weighted by atomic mass is 10.2. The van der Waals surface area contributed by atoms with E-state index in [2.05, 4.69) is 12.6 Å². The highest BCUT2D eigenvalue weighted by atomic mass is 32.1. The van der Waals surface area contributed by atoms with Gasteiger partial charge < -0.3 is 9.32 Å². The number of nitrogens with zero attached hydrogens (tertiary/aromatic N) is 1. The molecule has 1 aromatic carbocycles. The third-order valence-electron chi connectivity index (χ3n) is 3.25. The zero-order chi connectivity index (χ0) is 13.2. The van der Waals surface area contributed by atoms with Crippen LogP contribution in [0.4, 0.5) is 0 Å². The van der Waals surface area contributed by atoms with E-state index in [1.54, 1.807) is 6.26 Å². The van der Waals surface area contributed by atoms with Gasteiger partial charge in [-0.25, -0.2) is 0 Å². The molecule has 98 valence electrons. The maximum absolute atomic E-state index is 12.6. The molecule has 1 heterocycles. The van der Waals surface area contributed by atoms with Gasteiger partial charge in [0.1, 0.15) is 5.76 Å². The molecule has 0 N–H and O–H groups in total. The average molecular weight is 273 g/mol. The Morgan fingerprint density at radius 2 is 2.16 bits per heavy atom. The quantitative estimate of drug-likeness (QED) is 0.866.